The van der Waals surface area contributed by atoms with Gasteiger partial charge in [-0.3, -0.25) is 9.59 Å². The van der Waals surface area contributed by atoms with Gasteiger partial charge >= 0.3 is 0 Å². The zero-order valence-corrected chi connectivity index (χ0v) is 25.0. The molecular formula is C32H30ClFN6O4. The summed E-state index contributed by atoms with van der Waals surface area (Å²) < 4.78 is 21.3. The molecule has 5 rings (SSSR count). The molecule has 226 valence electrons. The van der Waals surface area contributed by atoms with Gasteiger partial charge in [0.25, 0.3) is 11.8 Å². The van der Waals surface area contributed by atoms with Crippen LogP contribution in [0.5, 0.6) is 5.75 Å². The molecule has 0 aliphatic rings. The van der Waals surface area contributed by atoms with Gasteiger partial charge in [-0.2, -0.15) is 4.98 Å². The highest BCUT2D eigenvalue weighted by molar-refractivity contribution is 6.24. The van der Waals surface area contributed by atoms with Gasteiger partial charge in [-0.1, -0.05) is 24.3 Å². The SMILES string of the molecule is COc1cc(C(=O)NC(C)(C)CO)ccc1Nc1nc2ccc(-c3ccc(C(=O)N(Cl)Cc4ccc(F)cc4)cc3)cn2n1. The Morgan fingerprint density at radius 3 is 2.36 bits per heavy atom. The largest absolute Gasteiger partial charge is 0.495 e. The van der Waals surface area contributed by atoms with Crippen molar-refractivity contribution in [2.75, 3.05) is 19.0 Å². The molecule has 44 heavy (non-hydrogen) atoms. The number of benzene rings is 3. The number of rotatable bonds is 10. The van der Waals surface area contributed by atoms with Crippen molar-refractivity contribution in [1.29, 1.82) is 0 Å². The van der Waals surface area contributed by atoms with E-state index in [1.165, 1.54) is 19.2 Å². The molecule has 3 aromatic carbocycles. The summed E-state index contributed by atoms with van der Waals surface area (Å²) in [6, 6.07) is 21.5. The fourth-order valence-electron chi connectivity index (χ4n) is 4.35. The molecular weight excluding hydrogens is 587 g/mol. The molecule has 2 aromatic heterocycles. The average molecular weight is 617 g/mol. The van der Waals surface area contributed by atoms with Crippen LogP contribution in [0.2, 0.25) is 0 Å². The number of halogens is 2. The molecule has 0 atom stereocenters. The lowest BCUT2D eigenvalue weighted by Crippen LogP contribution is -2.46. The van der Waals surface area contributed by atoms with Crippen molar-refractivity contribution in [3.63, 3.8) is 0 Å². The van der Waals surface area contributed by atoms with Crippen molar-refractivity contribution in [3.05, 3.63) is 108 Å². The number of hydrogen-bond acceptors (Lipinski definition) is 7. The first kappa shape index (κ1) is 30.5. The van der Waals surface area contributed by atoms with Gasteiger partial charge < -0.3 is 20.5 Å². The molecule has 5 aromatic rings. The summed E-state index contributed by atoms with van der Waals surface area (Å²) in [5.74, 6) is -0.325. The van der Waals surface area contributed by atoms with Gasteiger partial charge in [-0.15, -0.1) is 5.10 Å². The van der Waals surface area contributed by atoms with Crippen LogP contribution in [0.4, 0.5) is 16.0 Å². The van der Waals surface area contributed by atoms with Crippen LogP contribution in [0.1, 0.15) is 40.1 Å². The number of ether oxygens (including phenoxy) is 1. The first-order valence-corrected chi connectivity index (χ1v) is 14.0. The van der Waals surface area contributed by atoms with Gasteiger partial charge in [0, 0.05) is 34.7 Å². The van der Waals surface area contributed by atoms with E-state index in [0.717, 1.165) is 15.5 Å². The molecule has 0 aliphatic carbocycles. The third-order valence-corrected chi connectivity index (χ3v) is 7.08. The normalized spacial score (nSPS) is 11.3. The predicted molar refractivity (Wildman–Crippen MR) is 165 cm³/mol. The monoisotopic (exact) mass is 616 g/mol. The standard InChI is InChI=1S/C32H30ClFN6O4/c1-32(2,19-41)37-29(42)23-10-14-26(27(16-23)44-3)35-31-36-28-15-11-24(18-40(28)38-31)21-6-8-22(9-7-21)30(43)39(33)17-20-4-12-25(34)13-5-20/h4-16,18,41H,17,19H2,1-3H3,(H,35,38)(H,37,42). The number of pyridine rings is 1. The van der Waals surface area contributed by atoms with Crippen LogP contribution in [0.25, 0.3) is 16.8 Å². The lowest BCUT2D eigenvalue weighted by molar-refractivity contribution is 0.0853. The van der Waals surface area contributed by atoms with E-state index in [-0.39, 0.29) is 30.8 Å². The number of amides is 2. The zero-order chi connectivity index (χ0) is 31.4. The zero-order valence-electron chi connectivity index (χ0n) is 24.2. The van der Waals surface area contributed by atoms with Gasteiger partial charge in [-0.25, -0.2) is 13.3 Å². The van der Waals surface area contributed by atoms with Crippen LogP contribution in [0.15, 0.2) is 85.1 Å². The number of aliphatic hydroxyl groups is 1. The average Bonchev–Trinajstić information content (AvgIpc) is 3.43. The van der Waals surface area contributed by atoms with Crippen LogP contribution < -0.4 is 15.4 Å². The molecule has 0 saturated carbocycles. The lowest BCUT2D eigenvalue weighted by atomic mass is 10.1. The van der Waals surface area contributed by atoms with Crippen molar-refractivity contribution in [1.82, 2.24) is 24.3 Å². The maximum Gasteiger partial charge on any atom is 0.268 e. The number of nitrogens with zero attached hydrogens (tertiary/aromatic N) is 4. The second kappa shape index (κ2) is 12.7. The Hall–Kier alpha value is -5.00. The minimum Gasteiger partial charge on any atom is -0.495 e. The summed E-state index contributed by atoms with van der Waals surface area (Å²) in [5, 5.41) is 19.9. The maximum atomic E-state index is 13.2. The van der Waals surface area contributed by atoms with Gasteiger partial charge in [0.15, 0.2) is 5.65 Å². The van der Waals surface area contributed by atoms with Crippen LogP contribution >= 0.6 is 11.8 Å². The Kier molecular flexibility index (Phi) is 8.79. The van der Waals surface area contributed by atoms with E-state index in [2.05, 4.69) is 20.7 Å². The number of hydrogen-bond donors (Lipinski definition) is 3. The quantitative estimate of drug-likeness (QED) is 0.175. The molecule has 0 spiro atoms. The van der Waals surface area contributed by atoms with E-state index in [1.54, 1.807) is 60.8 Å². The van der Waals surface area contributed by atoms with Crippen molar-refractivity contribution in [3.8, 4) is 16.9 Å². The summed E-state index contributed by atoms with van der Waals surface area (Å²) >= 11 is 6.22. The second-order valence-corrected chi connectivity index (χ2v) is 11.1. The summed E-state index contributed by atoms with van der Waals surface area (Å²) in [7, 11) is 1.50. The minimum absolute atomic E-state index is 0.135. The molecule has 0 fully saturated rings. The summed E-state index contributed by atoms with van der Waals surface area (Å²) in [4.78, 5) is 30.0. The van der Waals surface area contributed by atoms with Crippen LogP contribution in [-0.2, 0) is 6.54 Å². The van der Waals surface area contributed by atoms with E-state index in [1.807, 2.05) is 30.5 Å². The first-order chi connectivity index (χ1) is 21.0. The predicted octanol–water partition coefficient (Wildman–Crippen LogP) is 5.58. The highest BCUT2D eigenvalue weighted by Gasteiger charge is 2.21. The number of aliphatic hydroxyl groups excluding tert-OH is 1. The van der Waals surface area contributed by atoms with Gasteiger partial charge in [0.2, 0.25) is 5.95 Å². The fourth-order valence-corrected chi connectivity index (χ4v) is 4.58. The molecule has 0 saturated heterocycles. The second-order valence-electron chi connectivity index (χ2n) is 10.7. The fraction of sp³-hybridized carbons (Fsp3) is 0.188. The third-order valence-electron chi connectivity index (χ3n) is 6.81. The Morgan fingerprint density at radius 2 is 1.68 bits per heavy atom. The molecule has 2 amide bonds. The van der Waals surface area contributed by atoms with Crippen molar-refractivity contribution >= 4 is 40.9 Å². The lowest BCUT2D eigenvalue weighted by Gasteiger charge is -2.23. The molecule has 10 nitrogen and oxygen atoms in total. The molecule has 0 radical (unpaired) electrons. The molecule has 2 heterocycles. The number of aromatic nitrogens is 3. The summed E-state index contributed by atoms with van der Waals surface area (Å²) in [6.45, 7) is 3.38. The topological polar surface area (TPSA) is 121 Å². The number of fused-ring (bicyclic) bond motifs is 1. The van der Waals surface area contributed by atoms with Crippen molar-refractivity contribution in [2.45, 2.75) is 25.9 Å². The van der Waals surface area contributed by atoms with Crippen molar-refractivity contribution in [2.24, 2.45) is 0 Å². The van der Waals surface area contributed by atoms with E-state index >= 15 is 0 Å². The van der Waals surface area contributed by atoms with Gasteiger partial charge in [0.1, 0.15) is 11.6 Å². The minimum atomic E-state index is -0.766. The maximum absolute atomic E-state index is 13.2. The van der Waals surface area contributed by atoms with Crippen LogP contribution in [0, 0.1) is 5.82 Å². The molecule has 0 bridgehead atoms. The van der Waals surface area contributed by atoms with Gasteiger partial charge in [0.05, 0.1) is 31.5 Å². The van der Waals surface area contributed by atoms with Crippen LogP contribution in [0.3, 0.4) is 0 Å². The number of nitrogens with one attached hydrogen (secondary N) is 2. The highest BCUT2D eigenvalue weighted by atomic mass is 35.5. The van der Waals surface area contributed by atoms with E-state index in [0.29, 0.717) is 39.7 Å². The Morgan fingerprint density at radius 1 is 1.00 bits per heavy atom. The van der Waals surface area contributed by atoms with Crippen LogP contribution in [-0.4, -0.2) is 55.2 Å². The van der Waals surface area contributed by atoms with E-state index in [4.69, 9.17) is 16.5 Å². The molecule has 0 unspecified atom stereocenters. The number of anilines is 2. The number of carbonyl (C=O) groups excluding carboxylic acids is 2. The highest BCUT2D eigenvalue weighted by Crippen LogP contribution is 2.29. The summed E-state index contributed by atoms with van der Waals surface area (Å²) in [5.41, 5.74) is 3.60. The Bertz CT molecular complexity index is 1810. The number of methoxy groups -OCH3 is 1. The molecule has 12 heteroatoms. The van der Waals surface area contributed by atoms with Gasteiger partial charge in [-0.05, 0) is 79.6 Å². The number of carbonyl (C=O) groups is 2. The first-order valence-electron chi connectivity index (χ1n) is 13.6. The Balaban J connectivity index is 1.28. The molecule has 3 N–H and O–H groups in total. The molecule has 0 aliphatic heterocycles. The summed E-state index contributed by atoms with van der Waals surface area (Å²) in [6.07, 6.45) is 1.82. The van der Waals surface area contributed by atoms with E-state index < -0.39 is 5.54 Å². The Labute approximate surface area is 258 Å². The van der Waals surface area contributed by atoms with E-state index in [9.17, 15) is 19.1 Å². The van der Waals surface area contributed by atoms with Crippen molar-refractivity contribution < 1.29 is 23.8 Å². The third kappa shape index (κ3) is 6.96. The smallest absolute Gasteiger partial charge is 0.268 e.